The lowest BCUT2D eigenvalue weighted by Crippen LogP contribution is -1.98. The lowest BCUT2D eigenvalue weighted by molar-refractivity contribution is 0.419. The van der Waals surface area contributed by atoms with Crippen molar-refractivity contribution < 1.29 is 4.74 Å². The average Bonchev–Trinajstić information content (AvgIpc) is 3.27. The Labute approximate surface area is 131 Å². The van der Waals surface area contributed by atoms with E-state index < -0.39 is 0 Å². The van der Waals surface area contributed by atoms with Crippen LogP contribution >= 0.6 is 11.6 Å². The van der Waals surface area contributed by atoms with Crippen LogP contribution in [0.1, 0.15) is 36.6 Å². The first-order chi connectivity index (χ1) is 10.3. The van der Waals surface area contributed by atoms with Gasteiger partial charge in [0.05, 0.1) is 12.5 Å². The fraction of sp³-hybridized carbons (Fsp3) is 0.474. The van der Waals surface area contributed by atoms with Gasteiger partial charge in [0.2, 0.25) is 0 Å². The molecule has 3 atom stereocenters. The molecule has 0 bridgehead atoms. The Balaban J connectivity index is 1.73. The van der Waals surface area contributed by atoms with Gasteiger partial charge in [-0.3, -0.25) is 0 Å². The number of fused-ring (bicyclic) bond motifs is 2. The molecule has 21 heavy (non-hydrogen) atoms. The Morgan fingerprint density at radius 2 is 1.67 bits per heavy atom. The van der Waals surface area contributed by atoms with Gasteiger partial charge in [0.15, 0.2) is 0 Å². The summed E-state index contributed by atoms with van der Waals surface area (Å²) in [5.74, 6) is 3.38. The molecule has 2 aromatic rings. The molecule has 0 radical (unpaired) electrons. The molecule has 0 aromatic heterocycles. The Bertz CT molecular complexity index is 654. The SMILES string of the molecule is COc1ccc(C(Cl)C2C3CCCCC32)c2ccccc12. The summed E-state index contributed by atoms with van der Waals surface area (Å²) < 4.78 is 5.49. The Hall–Kier alpha value is -1.21. The van der Waals surface area contributed by atoms with Crippen LogP contribution in [0, 0.1) is 17.8 Å². The van der Waals surface area contributed by atoms with Crippen LogP contribution in [0.3, 0.4) is 0 Å². The molecule has 0 N–H and O–H groups in total. The summed E-state index contributed by atoms with van der Waals surface area (Å²) in [6.45, 7) is 0. The number of ether oxygens (including phenoxy) is 1. The molecular weight excluding hydrogens is 280 g/mol. The Morgan fingerprint density at radius 1 is 1.00 bits per heavy atom. The first-order valence-corrected chi connectivity index (χ1v) is 8.44. The second kappa shape index (κ2) is 5.21. The molecule has 110 valence electrons. The van der Waals surface area contributed by atoms with Crippen molar-refractivity contribution in [1.29, 1.82) is 0 Å². The van der Waals surface area contributed by atoms with Crippen molar-refractivity contribution in [2.24, 2.45) is 17.8 Å². The number of halogens is 1. The highest BCUT2D eigenvalue weighted by Crippen LogP contribution is 2.62. The van der Waals surface area contributed by atoms with Gasteiger partial charge in [-0.05, 0) is 47.6 Å². The maximum atomic E-state index is 6.91. The zero-order chi connectivity index (χ0) is 14.4. The highest BCUT2D eigenvalue weighted by molar-refractivity contribution is 6.22. The molecule has 2 saturated carbocycles. The molecule has 3 unspecified atom stereocenters. The molecule has 1 nitrogen and oxygen atoms in total. The van der Waals surface area contributed by atoms with Crippen LogP contribution in [-0.2, 0) is 0 Å². The minimum Gasteiger partial charge on any atom is -0.496 e. The first kappa shape index (κ1) is 13.5. The lowest BCUT2D eigenvalue weighted by Gasteiger charge is -2.15. The number of benzene rings is 2. The molecule has 2 aromatic carbocycles. The minimum absolute atomic E-state index is 0.147. The van der Waals surface area contributed by atoms with E-state index in [1.165, 1.54) is 42.0 Å². The quantitative estimate of drug-likeness (QED) is 0.674. The minimum atomic E-state index is 0.147. The molecular formula is C19H21ClO. The highest BCUT2D eigenvalue weighted by Gasteiger charge is 2.54. The molecule has 0 spiro atoms. The van der Waals surface area contributed by atoms with Crippen molar-refractivity contribution in [1.82, 2.24) is 0 Å². The summed E-state index contributed by atoms with van der Waals surface area (Å²) in [4.78, 5) is 0. The predicted octanol–water partition coefficient (Wildman–Crippen LogP) is 5.56. The van der Waals surface area contributed by atoms with Gasteiger partial charge >= 0.3 is 0 Å². The summed E-state index contributed by atoms with van der Waals surface area (Å²) in [6.07, 6.45) is 5.55. The normalized spacial score (nSPS) is 29.0. The van der Waals surface area contributed by atoms with E-state index in [1.54, 1.807) is 7.11 Å². The highest BCUT2D eigenvalue weighted by atomic mass is 35.5. The van der Waals surface area contributed by atoms with E-state index in [9.17, 15) is 0 Å². The van der Waals surface area contributed by atoms with Gasteiger partial charge in [0.1, 0.15) is 5.75 Å². The Morgan fingerprint density at radius 3 is 2.33 bits per heavy atom. The van der Waals surface area contributed by atoms with Gasteiger partial charge in [-0.1, -0.05) is 43.2 Å². The van der Waals surface area contributed by atoms with E-state index in [1.807, 2.05) is 0 Å². The molecule has 0 saturated heterocycles. The second-order valence-corrected chi connectivity index (χ2v) is 6.96. The standard InChI is InChI=1S/C19H21ClO/c1-21-17-11-10-16(12-6-2-3-7-13(12)17)19(20)18-14-8-4-5-9-15(14)18/h2-3,6-7,10-11,14-15,18-19H,4-5,8-9H2,1H3. The third-order valence-corrected chi connectivity index (χ3v) is 6.02. The van der Waals surface area contributed by atoms with Crippen LogP contribution < -0.4 is 4.74 Å². The fourth-order valence-electron chi connectivity index (χ4n) is 4.40. The summed E-state index contributed by atoms with van der Waals surface area (Å²) in [5, 5.41) is 2.57. The summed E-state index contributed by atoms with van der Waals surface area (Å²) in [7, 11) is 1.73. The van der Waals surface area contributed by atoms with E-state index in [4.69, 9.17) is 16.3 Å². The fourth-order valence-corrected chi connectivity index (χ4v) is 4.97. The number of hydrogen-bond acceptors (Lipinski definition) is 1. The topological polar surface area (TPSA) is 9.23 Å². The van der Waals surface area contributed by atoms with E-state index in [0.717, 1.165) is 17.6 Å². The van der Waals surface area contributed by atoms with Crippen molar-refractivity contribution in [2.75, 3.05) is 7.11 Å². The Kier molecular flexibility index (Phi) is 3.34. The van der Waals surface area contributed by atoms with Crippen molar-refractivity contribution in [2.45, 2.75) is 31.1 Å². The van der Waals surface area contributed by atoms with Crippen molar-refractivity contribution in [3.05, 3.63) is 42.0 Å². The maximum Gasteiger partial charge on any atom is 0.126 e. The zero-order valence-electron chi connectivity index (χ0n) is 12.4. The van der Waals surface area contributed by atoms with E-state index >= 15 is 0 Å². The van der Waals surface area contributed by atoms with E-state index in [0.29, 0.717) is 5.92 Å². The second-order valence-electron chi connectivity index (χ2n) is 6.49. The van der Waals surface area contributed by atoms with Gasteiger partial charge in [-0.15, -0.1) is 11.6 Å². The molecule has 2 fully saturated rings. The summed E-state index contributed by atoms with van der Waals surface area (Å²) in [6, 6.07) is 12.7. The molecule has 2 heteroatoms. The predicted molar refractivity (Wildman–Crippen MR) is 88.0 cm³/mol. The average molecular weight is 301 g/mol. The number of hydrogen-bond donors (Lipinski definition) is 0. The molecule has 0 aliphatic heterocycles. The monoisotopic (exact) mass is 300 g/mol. The van der Waals surface area contributed by atoms with Gasteiger partial charge in [-0.2, -0.15) is 0 Å². The van der Waals surface area contributed by atoms with Gasteiger partial charge in [0, 0.05) is 5.39 Å². The number of rotatable bonds is 3. The van der Waals surface area contributed by atoms with Crippen LogP contribution in [0.15, 0.2) is 36.4 Å². The zero-order valence-corrected chi connectivity index (χ0v) is 13.1. The van der Waals surface area contributed by atoms with E-state index in [2.05, 4.69) is 36.4 Å². The van der Waals surface area contributed by atoms with Crippen LogP contribution in [0.25, 0.3) is 10.8 Å². The molecule has 2 aliphatic rings. The van der Waals surface area contributed by atoms with Gasteiger partial charge < -0.3 is 4.74 Å². The largest absolute Gasteiger partial charge is 0.496 e. The van der Waals surface area contributed by atoms with Crippen LogP contribution in [0.5, 0.6) is 5.75 Å². The van der Waals surface area contributed by atoms with Crippen LogP contribution in [-0.4, -0.2) is 7.11 Å². The smallest absolute Gasteiger partial charge is 0.126 e. The summed E-state index contributed by atoms with van der Waals surface area (Å²) in [5.41, 5.74) is 1.28. The first-order valence-electron chi connectivity index (χ1n) is 8.01. The summed E-state index contributed by atoms with van der Waals surface area (Å²) >= 11 is 6.91. The molecule has 0 heterocycles. The maximum absolute atomic E-state index is 6.91. The van der Waals surface area contributed by atoms with Crippen molar-refractivity contribution >= 4 is 22.4 Å². The van der Waals surface area contributed by atoms with Gasteiger partial charge in [-0.25, -0.2) is 0 Å². The number of methoxy groups -OCH3 is 1. The molecule has 0 amide bonds. The third-order valence-electron chi connectivity index (χ3n) is 5.50. The lowest BCUT2D eigenvalue weighted by atomic mass is 9.98. The number of alkyl halides is 1. The van der Waals surface area contributed by atoms with Crippen molar-refractivity contribution in [3.63, 3.8) is 0 Å². The van der Waals surface area contributed by atoms with Gasteiger partial charge in [0.25, 0.3) is 0 Å². The van der Waals surface area contributed by atoms with E-state index in [-0.39, 0.29) is 5.38 Å². The third kappa shape index (κ3) is 2.14. The molecule has 2 aliphatic carbocycles. The van der Waals surface area contributed by atoms with Crippen LogP contribution in [0.4, 0.5) is 0 Å². The van der Waals surface area contributed by atoms with Crippen molar-refractivity contribution in [3.8, 4) is 5.75 Å². The van der Waals surface area contributed by atoms with Crippen LogP contribution in [0.2, 0.25) is 0 Å². The molecule has 4 rings (SSSR count).